The van der Waals surface area contributed by atoms with E-state index < -0.39 is 0 Å². The van der Waals surface area contributed by atoms with Gasteiger partial charge in [0.2, 0.25) is 0 Å². The Morgan fingerprint density at radius 3 is 2.74 bits per heavy atom. The number of rotatable bonds is 5. The summed E-state index contributed by atoms with van der Waals surface area (Å²) in [4.78, 5) is 7.13. The van der Waals surface area contributed by atoms with Crippen LogP contribution < -0.4 is 9.64 Å². The summed E-state index contributed by atoms with van der Waals surface area (Å²) in [6.07, 6.45) is 4.09. The van der Waals surface area contributed by atoms with Crippen LogP contribution in [0.2, 0.25) is 5.02 Å². The van der Waals surface area contributed by atoms with Crippen molar-refractivity contribution in [1.29, 1.82) is 0 Å². The van der Waals surface area contributed by atoms with Crippen molar-refractivity contribution in [3.05, 3.63) is 52.5 Å². The largest absolute Gasteiger partial charge is 0.494 e. The zero-order chi connectivity index (χ0) is 19.6. The Hall–Kier alpha value is -2.00. The minimum Gasteiger partial charge on any atom is -0.494 e. The number of nitrogens with zero attached hydrogens (tertiary/aromatic N) is 2. The van der Waals surface area contributed by atoms with Crippen LogP contribution in [0.4, 0.5) is 11.4 Å². The molecule has 0 saturated carbocycles. The zero-order valence-corrected chi connectivity index (χ0v) is 17.7. The van der Waals surface area contributed by atoms with E-state index in [1.54, 1.807) is 7.11 Å². The van der Waals surface area contributed by atoms with Crippen LogP contribution in [0.1, 0.15) is 57.6 Å². The molecule has 4 heteroatoms. The molecule has 1 aliphatic heterocycles. The van der Waals surface area contributed by atoms with E-state index in [-0.39, 0.29) is 5.54 Å². The lowest BCUT2D eigenvalue weighted by atomic mass is 9.79. The summed E-state index contributed by atoms with van der Waals surface area (Å²) in [6.45, 7) is 10.2. The van der Waals surface area contributed by atoms with Gasteiger partial charge in [-0.15, -0.1) is 0 Å². The number of anilines is 1. The molecule has 2 aromatic rings. The molecule has 0 amide bonds. The molecular formula is C23H29ClN2O. The predicted octanol–water partition coefficient (Wildman–Crippen LogP) is 6.60. The van der Waals surface area contributed by atoms with Gasteiger partial charge in [-0.3, -0.25) is 4.99 Å². The van der Waals surface area contributed by atoms with Crippen molar-refractivity contribution in [1.82, 2.24) is 0 Å². The monoisotopic (exact) mass is 384 g/mol. The Morgan fingerprint density at radius 1 is 1.30 bits per heavy atom. The molecule has 0 aromatic heterocycles. The first-order chi connectivity index (χ1) is 12.9. The normalized spacial score (nSPS) is 18.6. The summed E-state index contributed by atoms with van der Waals surface area (Å²) >= 11 is 6.66. The number of benzene rings is 2. The molecule has 0 spiro atoms. The third-order valence-corrected chi connectivity index (χ3v) is 5.71. The zero-order valence-electron chi connectivity index (χ0n) is 16.9. The van der Waals surface area contributed by atoms with Gasteiger partial charge in [0, 0.05) is 29.5 Å². The molecule has 0 radical (unpaired) electrons. The van der Waals surface area contributed by atoms with E-state index in [1.165, 1.54) is 11.3 Å². The number of hydrogen-bond donors (Lipinski definition) is 0. The molecule has 1 aliphatic rings. The van der Waals surface area contributed by atoms with Crippen molar-refractivity contribution in [2.75, 3.05) is 18.6 Å². The van der Waals surface area contributed by atoms with Crippen LogP contribution in [0.15, 0.2) is 41.4 Å². The Labute approximate surface area is 168 Å². The number of fused-ring (bicyclic) bond motifs is 1. The maximum atomic E-state index is 6.66. The summed E-state index contributed by atoms with van der Waals surface area (Å²) in [7, 11) is 1.66. The van der Waals surface area contributed by atoms with Crippen LogP contribution in [0, 0.1) is 0 Å². The van der Waals surface area contributed by atoms with E-state index in [0.29, 0.717) is 5.92 Å². The molecule has 0 aliphatic carbocycles. The van der Waals surface area contributed by atoms with Crippen LogP contribution in [0.3, 0.4) is 0 Å². The Bertz CT molecular complexity index is 844. The second-order valence-corrected chi connectivity index (χ2v) is 8.34. The fourth-order valence-electron chi connectivity index (χ4n) is 4.14. The molecule has 1 heterocycles. The van der Waals surface area contributed by atoms with E-state index in [1.807, 2.05) is 30.5 Å². The van der Waals surface area contributed by atoms with E-state index in [4.69, 9.17) is 16.3 Å². The minimum atomic E-state index is 0.138. The lowest BCUT2D eigenvalue weighted by Crippen LogP contribution is -2.48. The summed E-state index contributed by atoms with van der Waals surface area (Å²) in [6, 6.07) is 12.1. The van der Waals surface area contributed by atoms with Crippen LogP contribution in [-0.2, 0) is 0 Å². The van der Waals surface area contributed by atoms with Gasteiger partial charge >= 0.3 is 0 Å². The Balaban J connectivity index is 2.01. The highest BCUT2D eigenvalue weighted by atomic mass is 35.5. The first-order valence-corrected chi connectivity index (χ1v) is 10.0. The fourth-order valence-corrected chi connectivity index (χ4v) is 4.35. The van der Waals surface area contributed by atoms with Crippen LogP contribution in [-0.4, -0.2) is 25.4 Å². The van der Waals surface area contributed by atoms with Gasteiger partial charge in [0.25, 0.3) is 0 Å². The van der Waals surface area contributed by atoms with Crippen LogP contribution in [0.5, 0.6) is 5.75 Å². The smallest absolute Gasteiger partial charge is 0.144 e. The van der Waals surface area contributed by atoms with Crippen molar-refractivity contribution < 1.29 is 4.74 Å². The fraction of sp³-hybridized carbons (Fsp3) is 0.435. The average Bonchev–Trinajstić information content (AvgIpc) is 2.63. The molecule has 3 rings (SSSR count). The molecule has 0 saturated heterocycles. The van der Waals surface area contributed by atoms with Crippen molar-refractivity contribution in [2.24, 2.45) is 4.99 Å². The van der Waals surface area contributed by atoms with E-state index >= 15 is 0 Å². The summed E-state index contributed by atoms with van der Waals surface area (Å²) in [5.74, 6) is 1.24. The number of methoxy groups -OCH3 is 1. The molecule has 144 valence electrons. The van der Waals surface area contributed by atoms with E-state index in [0.717, 1.165) is 41.4 Å². The van der Waals surface area contributed by atoms with Gasteiger partial charge in [-0.25, -0.2) is 0 Å². The summed E-state index contributed by atoms with van der Waals surface area (Å²) in [5, 5.41) is 0.735. The Kier molecular flexibility index (Phi) is 5.81. The second-order valence-electron chi connectivity index (χ2n) is 7.93. The van der Waals surface area contributed by atoms with Crippen molar-refractivity contribution in [3.63, 3.8) is 0 Å². The second kappa shape index (κ2) is 7.93. The molecule has 0 N–H and O–H groups in total. The molecule has 1 atom stereocenters. The van der Waals surface area contributed by atoms with Gasteiger partial charge in [0.05, 0.1) is 12.1 Å². The van der Waals surface area contributed by atoms with E-state index in [9.17, 15) is 0 Å². The molecule has 1 unspecified atom stereocenters. The molecule has 0 bridgehead atoms. The summed E-state index contributed by atoms with van der Waals surface area (Å²) in [5.41, 5.74) is 4.51. The SMILES string of the molecule is CCCN1c2cc(Cl)c(C=Nc3ccccc3OC)cc2C(C)CC1(C)C. The predicted molar refractivity (Wildman–Crippen MR) is 116 cm³/mol. The lowest BCUT2D eigenvalue weighted by Gasteiger charge is -2.47. The van der Waals surface area contributed by atoms with Gasteiger partial charge in [0.15, 0.2) is 0 Å². The third kappa shape index (κ3) is 3.98. The molecule has 2 aromatic carbocycles. The van der Waals surface area contributed by atoms with Gasteiger partial charge in [-0.1, -0.05) is 37.6 Å². The number of hydrogen-bond acceptors (Lipinski definition) is 3. The number of para-hydroxylation sites is 2. The van der Waals surface area contributed by atoms with Crippen LogP contribution in [0.25, 0.3) is 0 Å². The molecular weight excluding hydrogens is 356 g/mol. The van der Waals surface area contributed by atoms with Gasteiger partial charge in [-0.05, 0) is 62.4 Å². The number of halogens is 1. The maximum Gasteiger partial charge on any atom is 0.144 e. The molecule has 27 heavy (non-hydrogen) atoms. The van der Waals surface area contributed by atoms with Crippen molar-refractivity contribution in [2.45, 2.75) is 52.0 Å². The highest BCUT2D eigenvalue weighted by molar-refractivity contribution is 6.33. The molecule has 0 fully saturated rings. The van der Waals surface area contributed by atoms with Gasteiger partial charge in [0.1, 0.15) is 11.4 Å². The van der Waals surface area contributed by atoms with Crippen LogP contribution >= 0.6 is 11.6 Å². The number of aliphatic imine (C=N–C) groups is 1. The topological polar surface area (TPSA) is 24.8 Å². The van der Waals surface area contributed by atoms with Crippen molar-refractivity contribution >= 4 is 29.2 Å². The maximum absolute atomic E-state index is 6.66. The van der Waals surface area contributed by atoms with Crippen molar-refractivity contribution in [3.8, 4) is 5.75 Å². The molecule has 3 nitrogen and oxygen atoms in total. The van der Waals surface area contributed by atoms with Gasteiger partial charge < -0.3 is 9.64 Å². The minimum absolute atomic E-state index is 0.138. The first-order valence-electron chi connectivity index (χ1n) is 9.65. The first kappa shape index (κ1) is 19.8. The number of ether oxygens (including phenoxy) is 1. The standard InChI is InChI=1S/C23H29ClN2O/c1-6-11-26-21-13-19(24)17(12-18(21)16(2)14-23(26,3)4)15-25-20-9-7-8-10-22(20)27-5/h7-10,12-13,15-16H,6,11,14H2,1-5H3. The van der Waals surface area contributed by atoms with E-state index in [2.05, 4.69) is 49.7 Å². The highest BCUT2D eigenvalue weighted by Gasteiger charge is 2.36. The summed E-state index contributed by atoms with van der Waals surface area (Å²) < 4.78 is 5.38. The third-order valence-electron chi connectivity index (χ3n) is 5.38. The Morgan fingerprint density at radius 2 is 2.04 bits per heavy atom. The highest BCUT2D eigenvalue weighted by Crippen LogP contribution is 2.45. The average molecular weight is 385 g/mol. The van der Waals surface area contributed by atoms with Gasteiger partial charge in [-0.2, -0.15) is 0 Å². The lowest BCUT2D eigenvalue weighted by molar-refractivity contribution is 0.376. The quantitative estimate of drug-likeness (QED) is 0.542.